The molecule has 3 aliphatic heterocycles. The number of hydrogen-bond donors (Lipinski definition) is 2. The fraction of sp³-hybridized carbons (Fsp3) is 0.491. The third-order valence-corrected chi connectivity index (χ3v) is 15.7. The van der Waals surface area contributed by atoms with Crippen molar-refractivity contribution in [1.29, 1.82) is 0 Å². The minimum absolute atomic E-state index is 0. The molecule has 7 aromatic heterocycles. The van der Waals surface area contributed by atoms with Gasteiger partial charge in [0, 0.05) is 64.1 Å². The monoisotopic (exact) mass is 1050 g/mol. The second-order valence-electron chi connectivity index (χ2n) is 22.4. The van der Waals surface area contributed by atoms with Crippen molar-refractivity contribution in [3.63, 3.8) is 0 Å². The molecule has 77 heavy (non-hydrogen) atoms. The van der Waals surface area contributed by atoms with Crippen LogP contribution in [0.4, 0.5) is 28.8 Å². The average Bonchev–Trinajstić information content (AvgIpc) is 4.29. The Kier molecular flexibility index (Phi) is 16.5. The number of pyridine rings is 2. The number of nitrogens with zero attached hydrogens (tertiary/aromatic N) is 13. The smallest absolute Gasteiger partial charge is 0.543 e. The van der Waals surface area contributed by atoms with Crippen molar-refractivity contribution in [1.82, 2.24) is 48.7 Å². The van der Waals surface area contributed by atoms with Crippen LogP contribution in [0.5, 0.6) is 0 Å². The van der Waals surface area contributed by atoms with E-state index in [0.29, 0.717) is 22.8 Å². The normalized spacial score (nSPS) is 17.3. The maximum absolute atomic E-state index is 12.6. The number of anilines is 5. The maximum atomic E-state index is 12.6. The average molecular weight is 1050 g/mol. The van der Waals surface area contributed by atoms with Gasteiger partial charge in [0.25, 0.3) is 11.8 Å². The van der Waals surface area contributed by atoms with Crippen molar-refractivity contribution in [3.8, 4) is 0 Å². The van der Waals surface area contributed by atoms with Crippen LogP contribution in [0.3, 0.4) is 0 Å². The summed E-state index contributed by atoms with van der Waals surface area (Å²) in [5, 5.41) is 16.4. The van der Waals surface area contributed by atoms with Crippen LogP contribution in [0, 0.1) is 63.2 Å². The summed E-state index contributed by atoms with van der Waals surface area (Å²) >= 11 is 0. The van der Waals surface area contributed by atoms with Crippen LogP contribution in [0.15, 0.2) is 74.1 Å². The Hall–Kier alpha value is -6.57. The van der Waals surface area contributed by atoms with Crippen LogP contribution in [0.25, 0.3) is 11.3 Å². The van der Waals surface area contributed by atoms with Crippen LogP contribution in [-0.2, 0) is 0 Å². The number of amides is 2. The summed E-state index contributed by atoms with van der Waals surface area (Å²) in [5.41, 5.74) is 7.65. The quantitative estimate of drug-likeness (QED) is 0.118. The zero-order chi connectivity index (χ0) is 52.5. The Balaban J connectivity index is 0.000000134. The molecule has 20 heteroatoms. The molecule has 0 bridgehead atoms. The standard InChI is InChI=1S/2C22H26N6O.C13H17N3O2.Na/c2*1-14-7-18(13-28-10-15(2)25-21(14)28)26-22(29)19-8-24-20(9-23-19)27-11-17(12-27)6-5-16-3-4-16;17-13(18)11-5-15-12(6-14-11)16-7-10(8-16)4-3-9-1-2-9;/h2*7-10,13,16-17H,3-6,11-12H2,1-2H3,(H,26,29);5-6,9-10H,1-4,7-8H2,(H,17,18);/q;;;+1/p-1. The molecule has 7 aromatic rings. The van der Waals surface area contributed by atoms with E-state index in [1.54, 1.807) is 24.8 Å². The number of imidazole rings is 2. The first-order valence-electron chi connectivity index (χ1n) is 27.3. The summed E-state index contributed by atoms with van der Waals surface area (Å²) in [6.07, 6.45) is 33.6. The Labute approximate surface area is 471 Å². The largest absolute Gasteiger partial charge is 1.00 e. The molecule has 0 radical (unpaired) electrons. The van der Waals surface area contributed by atoms with Gasteiger partial charge in [-0.2, -0.15) is 0 Å². The van der Waals surface area contributed by atoms with Crippen molar-refractivity contribution >= 4 is 57.9 Å². The zero-order valence-electron chi connectivity index (χ0n) is 45.1. The summed E-state index contributed by atoms with van der Waals surface area (Å²) < 4.78 is 3.86. The number of aromatic nitrogens is 10. The fourth-order valence-corrected chi connectivity index (χ4v) is 10.6. The van der Waals surface area contributed by atoms with Gasteiger partial charge < -0.3 is 44.0 Å². The van der Waals surface area contributed by atoms with Gasteiger partial charge >= 0.3 is 29.6 Å². The van der Waals surface area contributed by atoms with Crippen molar-refractivity contribution in [2.24, 2.45) is 35.5 Å². The molecule has 0 atom stereocenters. The zero-order valence-corrected chi connectivity index (χ0v) is 47.1. The molecule has 396 valence electrons. The van der Waals surface area contributed by atoms with E-state index < -0.39 is 5.97 Å². The van der Waals surface area contributed by atoms with Crippen molar-refractivity contribution in [2.45, 2.75) is 105 Å². The fourth-order valence-electron chi connectivity index (χ4n) is 10.6. The number of aromatic carboxylic acids is 1. The van der Waals surface area contributed by atoms with E-state index in [9.17, 15) is 19.5 Å². The molecule has 2 amide bonds. The Morgan fingerprint density at radius 1 is 0.468 bits per heavy atom. The summed E-state index contributed by atoms with van der Waals surface area (Å²) in [5.74, 6) is 6.03. The molecule has 6 aliphatic rings. The SMILES string of the molecule is Cc1cn2cc(NC(=O)c3cnc(N4CC(CCC5CC5)C4)cn3)cc(C)c2n1.Cc1cn2cc(NC(=O)c3cnc(N4CC(CCC5CC5)C4)cn3)cc(C)c2n1.O=C([O-])c1cnc(N2CC(CCC3CC3)C2)cn1.[Na+]. The minimum atomic E-state index is -1.28. The maximum Gasteiger partial charge on any atom is 1.00 e. The van der Waals surface area contributed by atoms with E-state index in [2.05, 4.69) is 65.2 Å². The summed E-state index contributed by atoms with van der Waals surface area (Å²) in [6, 6.07) is 3.84. The van der Waals surface area contributed by atoms with Crippen LogP contribution in [0.2, 0.25) is 0 Å². The van der Waals surface area contributed by atoms with E-state index in [1.165, 1.54) is 89.4 Å². The van der Waals surface area contributed by atoms with Gasteiger partial charge in [-0.3, -0.25) is 9.59 Å². The van der Waals surface area contributed by atoms with Crippen molar-refractivity contribution in [3.05, 3.63) is 114 Å². The van der Waals surface area contributed by atoms with Crippen LogP contribution in [0.1, 0.15) is 131 Å². The first-order chi connectivity index (χ1) is 36.8. The van der Waals surface area contributed by atoms with Gasteiger partial charge in [-0.25, -0.2) is 39.9 Å². The molecule has 3 saturated carbocycles. The van der Waals surface area contributed by atoms with Gasteiger partial charge in [0.15, 0.2) is 0 Å². The molecule has 3 aliphatic carbocycles. The first-order valence-corrected chi connectivity index (χ1v) is 27.3. The second kappa shape index (κ2) is 23.6. The third kappa shape index (κ3) is 13.8. The van der Waals surface area contributed by atoms with Crippen molar-refractivity contribution < 1.29 is 49.0 Å². The van der Waals surface area contributed by atoms with E-state index in [0.717, 1.165) is 126 Å². The van der Waals surface area contributed by atoms with Crippen LogP contribution >= 0.6 is 0 Å². The molecule has 6 fully saturated rings. The summed E-state index contributed by atoms with van der Waals surface area (Å²) in [4.78, 5) is 76.8. The van der Waals surface area contributed by atoms with Crippen molar-refractivity contribution in [2.75, 3.05) is 64.6 Å². The van der Waals surface area contributed by atoms with Gasteiger partial charge in [-0.05, 0) is 106 Å². The van der Waals surface area contributed by atoms with Gasteiger partial charge in [0.05, 0.1) is 65.9 Å². The first kappa shape index (κ1) is 53.8. The third-order valence-electron chi connectivity index (χ3n) is 15.7. The second-order valence-corrected chi connectivity index (χ2v) is 22.4. The molecule has 13 rings (SSSR count). The number of hydrogen-bond acceptors (Lipinski definition) is 15. The number of fused-ring (bicyclic) bond motifs is 2. The van der Waals surface area contributed by atoms with Crippen LogP contribution < -0.4 is 60.0 Å². The Morgan fingerprint density at radius 3 is 1.09 bits per heavy atom. The van der Waals surface area contributed by atoms with Gasteiger partial charge in [0.1, 0.15) is 45.8 Å². The van der Waals surface area contributed by atoms with Gasteiger partial charge in [0.2, 0.25) is 0 Å². The number of rotatable bonds is 17. The molecule has 2 N–H and O–H groups in total. The number of carbonyl (C=O) groups excluding carboxylic acids is 3. The molecule has 3 saturated heterocycles. The van der Waals surface area contributed by atoms with Gasteiger partial charge in [-0.1, -0.05) is 57.8 Å². The van der Waals surface area contributed by atoms with E-state index in [4.69, 9.17) is 0 Å². The molecular weight excluding hydrogens is 982 g/mol. The molecule has 0 spiro atoms. The number of carboxylic acids is 1. The molecule has 0 aromatic carbocycles. The Bertz CT molecular complexity index is 3020. The predicted molar refractivity (Wildman–Crippen MR) is 289 cm³/mol. The summed E-state index contributed by atoms with van der Waals surface area (Å²) in [7, 11) is 0. The van der Waals surface area contributed by atoms with Crippen LogP contribution in [-0.4, -0.2) is 106 Å². The summed E-state index contributed by atoms with van der Waals surface area (Å²) in [6.45, 7) is 14.1. The number of nitrogens with one attached hydrogen (secondary N) is 2. The molecule has 19 nitrogen and oxygen atoms in total. The van der Waals surface area contributed by atoms with E-state index in [-0.39, 0.29) is 47.1 Å². The van der Waals surface area contributed by atoms with Gasteiger partial charge in [-0.15, -0.1) is 0 Å². The predicted octanol–water partition coefficient (Wildman–Crippen LogP) is 4.71. The Morgan fingerprint density at radius 2 is 0.792 bits per heavy atom. The number of aryl methyl sites for hydroxylation is 4. The number of carbonyl (C=O) groups is 3. The van der Waals surface area contributed by atoms with E-state index >= 15 is 0 Å². The topological polar surface area (TPSA) is 220 Å². The molecule has 10 heterocycles. The molecule has 0 unspecified atom stereocenters. The number of carboxylic acid groups (broad SMARTS) is 1. The minimum Gasteiger partial charge on any atom is -0.543 e. The molecular formula is C57H68N15NaO4. The van der Waals surface area contributed by atoms with E-state index in [1.807, 2.05) is 73.4 Å².